The summed E-state index contributed by atoms with van der Waals surface area (Å²) in [6, 6.07) is 10.5. The highest BCUT2D eigenvalue weighted by molar-refractivity contribution is 6.03. The number of esters is 1. The molecule has 0 saturated heterocycles. The maximum atomic E-state index is 12.8. The predicted octanol–water partition coefficient (Wildman–Crippen LogP) is 1.87. The van der Waals surface area contributed by atoms with Crippen molar-refractivity contribution in [2.75, 3.05) is 0 Å². The smallest absolute Gasteiger partial charge is 0.339 e. The molecule has 0 aliphatic heterocycles. The molecule has 0 radical (unpaired) electrons. The van der Waals surface area contributed by atoms with Crippen LogP contribution in [0.5, 0.6) is 0 Å². The van der Waals surface area contributed by atoms with Gasteiger partial charge in [-0.1, -0.05) is 18.2 Å². The second-order valence-corrected chi connectivity index (χ2v) is 6.84. The zero-order valence-electron chi connectivity index (χ0n) is 15.1. The molecule has 27 heavy (non-hydrogen) atoms. The van der Waals surface area contributed by atoms with Crippen molar-refractivity contribution < 1.29 is 9.53 Å². The third kappa shape index (κ3) is 3.16. The fourth-order valence-electron chi connectivity index (χ4n) is 3.09. The molecule has 4 rings (SSSR count). The minimum absolute atomic E-state index is 0.157. The lowest BCUT2D eigenvalue weighted by atomic mass is 10.1. The molecule has 0 atom stereocenters. The topological polar surface area (TPSA) is 83.2 Å². The van der Waals surface area contributed by atoms with Crippen molar-refractivity contribution in [3.63, 3.8) is 0 Å². The zero-order valence-corrected chi connectivity index (χ0v) is 15.1. The molecule has 0 amide bonds. The van der Waals surface area contributed by atoms with E-state index in [0.717, 1.165) is 34.0 Å². The standard InChI is InChI=1S/C20H19N3O4/c1-22-13(9-18(24)23(2)20(22)26)11-27-19(25)15-10-17(12-7-8-12)21-16-6-4-3-5-14(15)16/h3-6,9-10,12H,7-8,11H2,1-2H3. The number of hydrogen-bond acceptors (Lipinski definition) is 5. The van der Waals surface area contributed by atoms with Crippen molar-refractivity contribution in [1.29, 1.82) is 0 Å². The second kappa shape index (κ2) is 6.50. The first-order valence-corrected chi connectivity index (χ1v) is 8.78. The molecule has 0 bridgehead atoms. The van der Waals surface area contributed by atoms with E-state index < -0.39 is 17.2 Å². The van der Waals surface area contributed by atoms with Gasteiger partial charge in [-0.3, -0.25) is 18.9 Å². The molecule has 0 spiro atoms. The van der Waals surface area contributed by atoms with E-state index in [1.165, 1.54) is 24.7 Å². The molecule has 3 aromatic rings. The van der Waals surface area contributed by atoms with Crippen LogP contribution in [0.15, 0.2) is 46.0 Å². The Bertz CT molecular complexity index is 1170. The third-order valence-electron chi connectivity index (χ3n) is 4.93. The molecule has 1 fully saturated rings. The first-order valence-electron chi connectivity index (χ1n) is 8.78. The first-order chi connectivity index (χ1) is 13.0. The van der Waals surface area contributed by atoms with Crippen molar-refractivity contribution in [2.24, 2.45) is 14.1 Å². The number of hydrogen-bond donors (Lipinski definition) is 0. The average molecular weight is 365 g/mol. The molecule has 7 heteroatoms. The summed E-state index contributed by atoms with van der Waals surface area (Å²) in [6.45, 7) is -0.157. The second-order valence-electron chi connectivity index (χ2n) is 6.84. The highest BCUT2D eigenvalue weighted by Gasteiger charge is 2.27. The van der Waals surface area contributed by atoms with Gasteiger partial charge in [0, 0.05) is 37.2 Å². The van der Waals surface area contributed by atoms with Crippen LogP contribution in [0.4, 0.5) is 0 Å². The number of nitrogens with zero attached hydrogens (tertiary/aromatic N) is 3. The SMILES string of the molecule is Cn1c(COC(=O)c2cc(C3CC3)nc3ccccc23)cc(=O)n(C)c1=O. The Kier molecular flexibility index (Phi) is 4.14. The fraction of sp³-hybridized carbons (Fsp3) is 0.300. The Morgan fingerprint density at radius 3 is 2.63 bits per heavy atom. The van der Waals surface area contributed by atoms with Gasteiger partial charge in [-0.25, -0.2) is 9.59 Å². The highest BCUT2D eigenvalue weighted by atomic mass is 16.5. The molecule has 2 aromatic heterocycles. The highest BCUT2D eigenvalue weighted by Crippen LogP contribution is 2.40. The fourth-order valence-corrected chi connectivity index (χ4v) is 3.09. The molecule has 1 aromatic carbocycles. The molecule has 0 unspecified atom stereocenters. The number of para-hydroxylation sites is 1. The average Bonchev–Trinajstić information content (AvgIpc) is 3.52. The number of carbonyl (C=O) groups excluding carboxylic acids is 1. The van der Waals surface area contributed by atoms with E-state index in [-0.39, 0.29) is 6.61 Å². The number of pyridine rings is 1. The van der Waals surface area contributed by atoms with Crippen molar-refractivity contribution in [3.8, 4) is 0 Å². The lowest BCUT2D eigenvalue weighted by Gasteiger charge is -2.12. The number of carbonyl (C=O) groups is 1. The van der Waals surface area contributed by atoms with Crippen LogP contribution in [0.2, 0.25) is 0 Å². The maximum absolute atomic E-state index is 12.8. The normalized spacial score (nSPS) is 13.7. The summed E-state index contributed by atoms with van der Waals surface area (Å²) in [5.74, 6) is -0.0947. The molecule has 0 N–H and O–H groups in total. The van der Waals surface area contributed by atoms with Gasteiger partial charge in [-0.05, 0) is 25.0 Å². The molecule has 1 aliphatic rings. The third-order valence-corrected chi connectivity index (χ3v) is 4.93. The summed E-state index contributed by atoms with van der Waals surface area (Å²) in [5, 5.41) is 0.727. The van der Waals surface area contributed by atoms with Crippen molar-refractivity contribution >= 4 is 16.9 Å². The zero-order chi connectivity index (χ0) is 19.1. The van der Waals surface area contributed by atoms with E-state index in [2.05, 4.69) is 4.98 Å². The Labute approximate surface area is 154 Å². The van der Waals surface area contributed by atoms with Gasteiger partial charge in [0.05, 0.1) is 16.8 Å². The van der Waals surface area contributed by atoms with Gasteiger partial charge in [0.25, 0.3) is 5.56 Å². The Morgan fingerprint density at radius 1 is 1.15 bits per heavy atom. The van der Waals surface area contributed by atoms with Gasteiger partial charge in [-0.15, -0.1) is 0 Å². The van der Waals surface area contributed by atoms with Crippen LogP contribution in [0, 0.1) is 0 Å². The number of benzene rings is 1. The van der Waals surface area contributed by atoms with E-state index in [4.69, 9.17) is 4.74 Å². The number of rotatable bonds is 4. The molecular weight excluding hydrogens is 346 g/mol. The van der Waals surface area contributed by atoms with Crippen LogP contribution in [-0.2, 0) is 25.4 Å². The van der Waals surface area contributed by atoms with Crippen LogP contribution >= 0.6 is 0 Å². The quantitative estimate of drug-likeness (QED) is 0.659. The summed E-state index contributed by atoms with van der Waals surface area (Å²) in [5.41, 5.74) is 1.57. The van der Waals surface area contributed by atoms with Crippen molar-refractivity contribution in [2.45, 2.75) is 25.4 Å². The summed E-state index contributed by atoms with van der Waals surface area (Å²) < 4.78 is 7.74. The molecule has 7 nitrogen and oxygen atoms in total. The Hall–Kier alpha value is -3.22. The summed E-state index contributed by atoms with van der Waals surface area (Å²) in [4.78, 5) is 41.2. The van der Waals surface area contributed by atoms with Crippen LogP contribution < -0.4 is 11.2 Å². The molecule has 1 aliphatic carbocycles. The van der Waals surface area contributed by atoms with Gasteiger partial charge in [0.15, 0.2) is 0 Å². The number of ether oxygens (including phenoxy) is 1. The minimum atomic E-state index is -0.497. The minimum Gasteiger partial charge on any atom is -0.456 e. The Balaban J connectivity index is 1.66. The van der Waals surface area contributed by atoms with Crippen LogP contribution in [0.1, 0.15) is 40.5 Å². The molecule has 138 valence electrons. The summed E-state index contributed by atoms with van der Waals surface area (Å²) >= 11 is 0. The monoisotopic (exact) mass is 365 g/mol. The molecule has 2 heterocycles. The lowest BCUT2D eigenvalue weighted by molar-refractivity contribution is 0.0465. The van der Waals surface area contributed by atoms with E-state index >= 15 is 0 Å². The van der Waals surface area contributed by atoms with Gasteiger partial charge in [0.1, 0.15) is 6.61 Å². The largest absolute Gasteiger partial charge is 0.456 e. The van der Waals surface area contributed by atoms with Gasteiger partial charge in [-0.2, -0.15) is 0 Å². The maximum Gasteiger partial charge on any atom is 0.339 e. The van der Waals surface area contributed by atoms with E-state index in [0.29, 0.717) is 17.2 Å². The van der Waals surface area contributed by atoms with Crippen molar-refractivity contribution in [1.82, 2.24) is 14.1 Å². The first kappa shape index (κ1) is 17.2. The predicted molar refractivity (Wildman–Crippen MR) is 99.8 cm³/mol. The van der Waals surface area contributed by atoms with E-state index in [1.54, 1.807) is 6.07 Å². The van der Waals surface area contributed by atoms with Crippen molar-refractivity contribution in [3.05, 3.63) is 74.2 Å². The lowest BCUT2D eigenvalue weighted by Crippen LogP contribution is -2.38. The summed E-state index contributed by atoms with van der Waals surface area (Å²) in [6.07, 6.45) is 2.16. The summed E-state index contributed by atoms with van der Waals surface area (Å²) in [7, 11) is 2.95. The molecule has 1 saturated carbocycles. The number of aromatic nitrogens is 3. The van der Waals surface area contributed by atoms with Crippen LogP contribution in [-0.4, -0.2) is 20.1 Å². The van der Waals surface area contributed by atoms with Crippen LogP contribution in [0.25, 0.3) is 10.9 Å². The van der Waals surface area contributed by atoms with Gasteiger partial charge in [0.2, 0.25) is 0 Å². The van der Waals surface area contributed by atoms with Gasteiger partial charge < -0.3 is 4.74 Å². The van der Waals surface area contributed by atoms with E-state index in [1.807, 2.05) is 24.3 Å². The Morgan fingerprint density at radius 2 is 1.89 bits per heavy atom. The van der Waals surface area contributed by atoms with Gasteiger partial charge >= 0.3 is 11.7 Å². The molecular formula is C20H19N3O4. The van der Waals surface area contributed by atoms with Crippen LogP contribution in [0.3, 0.4) is 0 Å². The van der Waals surface area contributed by atoms with E-state index in [9.17, 15) is 14.4 Å². The number of fused-ring (bicyclic) bond motifs is 1.